The highest BCUT2D eigenvalue weighted by atomic mass is 32.1. The third-order valence-corrected chi connectivity index (χ3v) is 5.04. The summed E-state index contributed by atoms with van der Waals surface area (Å²) in [5.74, 6) is 1.22. The van der Waals surface area contributed by atoms with E-state index in [1.807, 2.05) is 49.7 Å². The monoisotopic (exact) mass is 385 g/mol. The van der Waals surface area contributed by atoms with Gasteiger partial charge in [-0.25, -0.2) is 9.78 Å². The van der Waals surface area contributed by atoms with Crippen molar-refractivity contribution < 1.29 is 9.32 Å². The van der Waals surface area contributed by atoms with Crippen molar-refractivity contribution >= 4 is 17.4 Å². The molecule has 0 aliphatic carbocycles. The number of thiazole rings is 1. The highest BCUT2D eigenvalue weighted by molar-refractivity contribution is 7.09. The zero-order chi connectivity index (χ0) is 19.1. The van der Waals surface area contributed by atoms with Crippen LogP contribution >= 0.6 is 11.3 Å². The first kappa shape index (κ1) is 19.0. The molecule has 0 unspecified atom stereocenters. The van der Waals surface area contributed by atoms with E-state index in [9.17, 15) is 4.79 Å². The van der Waals surface area contributed by atoms with Gasteiger partial charge >= 0.3 is 6.03 Å². The number of rotatable bonds is 8. The van der Waals surface area contributed by atoms with E-state index in [1.165, 1.54) is 0 Å². The van der Waals surface area contributed by atoms with Crippen molar-refractivity contribution in [1.29, 1.82) is 0 Å². The average molecular weight is 385 g/mol. The molecule has 0 saturated carbocycles. The minimum atomic E-state index is -0.120. The van der Waals surface area contributed by atoms with Crippen molar-refractivity contribution in [3.05, 3.63) is 63.7 Å². The largest absolute Gasteiger partial charge is 0.339 e. The molecule has 0 radical (unpaired) electrons. The summed E-state index contributed by atoms with van der Waals surface area (Å²) in [6, 6.07) is 9.84. The van der Waals surface area contributed by atoms with Gasteiger partial charge in [0.2, 0.25) is 5.89 Å². The van der Waals surface area contributed by atoms with E-state index in [4.69, 9.17) is 4.52 Å². The number of carbonyl (C=O) groups is 1. The van der Waals surface area contributed by atoms with Crippen molar-refractivity contribution in [2.75, 3.05) is 6.54 Å². The SMILES string of the molecule is CCc1nc(CCNC(=O)N(Cc2ccccc2)Cc2scnc2C)no1. The summed E-state index contributed by atoms with van der Waals surface area (Å²) in [4.78, 5) is 24.2. The highest BCUT2D eigenvalue weighted by Gasteiger charge is 2.17. The van der Waals surface area contributed by atoms with Crippen LogP contribution in [0, 0.1) is 6.92 Å². The zero-order valence-electron chi connectivity index (χ0n) is 15.5. The maximum Gasteiger partial charge on any atom is 0.318 e. The Morgan fingerprint density at radius 1 is 1.26 bits per heavy atom. The van der Waals surface area contributed by atoms with E-state index >= 15 is 0 Å². The third kappa shape index (κ3) is 5.37. The Balaban J connectivity index is 1.61. The number of urea groups is 1. The normalized spacial score (nSPS) is 10.7. The average Bonchev–Trinajstić information content (AvgIpc) is 3.31. The molecule has 0 aliphatic heterocycles. The van der Waals surface area contributed by atoms with Crippen LogP contribution in [0.1, 0.15) is 34.8 Å². The molecule has 1 N–H and O–H groups in total. The molecule has 0 fully saturated rings. The molecule has 7 nitrogen and oxygen atoms in total. The lowest BCUT2D eigenvalue weighted by Gasteiger charge is -2.23. The molecule has 0 saturated heterocycles. The van der Waals surface area contributed by atoms with Gasteiger partial charge in [0.15, 0.2) is 5.82 Å². The van der Waals surface area contributed by atoms with Crippen molar-refractivity contribution in [2.24, 2.45) is 0 Å². The molecule has 0 atom stereocenters. The molecule has 1 aromatic carbocycles. The van der Waals surface area contributed by atoms with Crippen molar-refractivity contribution in [3.63, 3.8) is 0 Å². The second kappa shape index (κ2) is 9.27. The second-order valence-corrected chi connectivity index (χ2v) is 7.08. The Morgan fingerprint density at radius 3 is 2.74 bits per heavy atom. The van der Waals surface area contributed by atoms with Crippen LogP contribution in [0.25, 0.3) is 0 Å². The zero-order valence-corrected chi connectivity index (χ0v) is 16.3. The molecule has 3 aromatic rings. The van der Waals surface area contributed by atoms with E-state index in [0.29, 0.717) is 44.2 Å². The fourth-order valence-corrected chi connectivity index (χ4v) is 3.37. The number of aromatic nitrogens is 3. The summed E-state index contributed by atoms with van der Waals surface area (Å²) in [5, 5.41) is 6.87. The van der Waals surface area contributed by atoms with Crippen LogP contribution < -0.4 is 5.32 Å². The van der Waals surface area contributed by atoms with Gasteiger partial charge in [-0.05, 0) is 12.5 Å². The maximum atomic E-state index is 12.8. The predicted molar refractivity (Wildman–Crippen MR) is 103 cm³/mol. The number of aryl methyl sites for hydroxylation is 2. The van der Waals surface area contributed by atoms with Crippen LogP contribution in [0.3, 0.4) is 0 Å². The molecule has 2 aromatic heterocycles. The van der Waals surface area contributed by atoms with E-state index in [0.717, 1.165) is 16.1 Å². The Labute approximate surface area is 162 Å². The van der Waals surface area contributed by atoms with Crippen molar-refractivity contribution in [1.82, 2.24) is 25.3 Å². The molecule has 3 rings (SSSR count). The number of amides is 2. The quantitative estimate of drug-likeness (QED) is 0.643. The third-order valence-electron chi connectivity index (χ3n) is 4.12. The van der Waals surface area contributed by atoms with E-state index in [1.54, 1.807) is 16.2 Å². The number of benzene rings is 1. The van der Waals surface area contributed by atoms with Crippen LogP contribution in [0.4, 0.5) is 4.79 Å². The van der Waals surface area contributed by atoms with Gasteiger partial charge in [0.05, 0.1) is 17.7 Å². The van der Waals surface area contributed by atoms with Gasteiger partial charge in [0, 0.05) is 30.8 Å². The Kier molecular flexibility index (Phi) is 6.54. The van der Waals surface area contributed by atoms with Crippen molar-refractivity contribution in [3.8, 4) is 0 Å². The molecule has 8 heteroatoms. The second-order valence-electron chi connectivity index (χ2n) is 6.14. The standard InChI is InChI=1S/C19H23N5O2S/c1-3-18-22-17(23-26-18)9-10-20-19(25)24(11-15-7-5-4-6-8-15)12-16-14(2)21-13-27-16/h4-8,13H,3,9-12H2,1-2H3,(H,20,25). The predicted octanol–water partition coefficient (Wildman–Crippen LogP) is 3.35. The lowest BCUT2D eigenvalue weighted by atomic mass is 10.2. The lowest BCUT2D eigenvalue weighted by molar-refractivity contribution is 0.193. The fraction of sp³-hybridized carbons (Fsp3) is 0.368. The molecular formula is C19H23N5O2S. The molecule has 0 bridgehead atoms. The minimum Gasteiger partial charge on any atom is -0.339 e. The molecule has 27 heavy (non-hydrogen) atoms. The Hall–Kier alpha value is -2.74. The fourth-order valence-electron chi connectivity index (χ4n) is 2.58. The van der Waals surface area contributed by atoms with Crippen LogP contribution in [-0.4, -0.2) is 32.6 Å². The molecule has 0 aliphatic rings. The molecule has 142 valence electrons. The van der Waals surface area contributed by atoms with Crippen LogP contribution in [0.15, 0.2) is 40.4 Å². The van der Waals surface area contributed by atoms with E-state index in [-0.39, 0.29) is 6.03 Å². The van der Waals surface area contributed by atoms with Gasteiger partial charge < -0.3 is 14.7 Å². The summed E-state index contributed by atoms with van der Waals surface area (Å²) in [6.45, 7) is 5.44. The number of hydrogen-bond acceptors (Lipinski definition) is 6. The number of nitrogens with one attached hydrogen (secondary N) is 1. The number of carbonyl (C=O) groups excluding carboxylic acids is 1. The Bertz CT molecular complexity index is 862. The highest BCUT2D eigenvalue weighted by Crippen LogP contribution is 2.17. The van der Waals surface area contributed by atoms with Crippen LogP contribution in [0.2, 0.25) is 0 Å². The summed E-state index contributed by atoms with van der Waals surface area (Å²) in [5.41, 5.74) is 3.86. The smallest absolute Gasteiger partial charge is 0.318 e. The first-order valence-electron chi connectivity index (χ1n) is 8.92. The summed E-state index contributed by atoms with van der Waals surface area (Å²) < 4.78 is 5.09. The van der Waals surface area contributed by atoms with Crippen LogP contribution in [0.5, 0.6) is 0 Å². The summed E-state index contributed by atoms with van der Waals surface area (Å²) >= 11 is 1.57. The molecule has 2 amide bonds. The molecular weight excluding hydrogens is 362 g/mol. The van der Waals surface area contributed by atoms with Gasteiger partial charge in [-0.2, -0.15) is 4.98 Å². The van der Waals surface area contributed by atoms with Crippen molar-refractivity contribution in [2.45, 2.75) is 39.8 Å². The molecule has 2 heterocycles. The lowest BCUT2D eigenvalue weighted by Crippen LogP contribution is -2.40. The van der Waals surface area contributed by atoms with Crippen LogP contribution in [-0.2, 0) is 25.9 Å². The van der Waals surface area contributed by atoms with E-state index < -0.39 is 0 Å². The first-order chi connectivity index (χ1) is 13.2. The maximum absolute atomic E-state index is 12.8. The summed E-state index contributed by atoms with van der Waals surface area (Å²) in [6.07, 6.45) is 1.24. The summed E-state index contributed by atoms with van der Waals surface area (Å²) in [7, 11) is 0. The van der Waals surface area contributed by atoms with Gasteiger partial charge in [-0.1, -0.05) is 42.4 Å². The van der Waals surface area contributed by atoms with E-state index in [2.05, 4.69) is 20.4 Å². The molecule has 0 spiro atoms. The van der Waals surface area contributed by atoms with Gasteiger partial charge in [0.25, 0.3) is 0 Å². The number of hydrogen-bond donors (Lipinski definition) is 1. The minimum absolute atomic E-state index is 0.120. The van der Waals surface area contributed by atoms with Gasteiger partial charge in [-0.15, -0.1) is 11.3 Å². The van der Waals surface area contributed by atoms with Gasteiger partial charge in [-0.3, -0.25) is 0 Å². The topological polar surface area (TPSA) is 84.2 Å². The Morgan fingerprint density at radius 2 is 2.07 bits per heavy atom. The van der Waals surface area contributed by atoms with Gasteiger partial charge in [0.1, 0.15) is 0 Å². The number of nitrogens with zero attached hydrogens (tertiary/aromatic N) is 4. The first-order valence-corrected chi connectivity index (χ1v) is 9.80.